The molecule has 0 radical (unpaired) electrons. The molecule has 4 atom stereocenters. The van der Waals surface area contributed by atoms with Crippen LogP contribution in [0.5, 0.6) is 11.5 Å². The largest absolute Gasteiger partial charge is 0.494 e. The van der Waals surface area contributed by atoms with Gasteiger partial charge in [0.2, 0.25) is 0 Å². The number of carbonyl (C=O) groups is 2. The lowest BCUT2D eigenvalue weighted by molar-refractivity contribution is -0.147. The summed E-state index contributed by atoms with van der Waals surface area (Å²) in [5, 5.41) is 7.49. The molecule has 8 N–H and O–H groups in total. The number of ether oxygens (including phenoxy) is 2. The highest BCUT2D eigenvalue weighted by Crippen LogP contribution is 2.23. The zero-order valence-electron chi connectivity index (χ0n) is 30.1. The van der Waals surface area contributed by atoms with Crippen molar-refractivity contribution in [2.75, 3.05) is 32.8 Å². The molecule has 1 aliphatic heterocycles. The topological polar surface area (TPSA) is 203 Å². The van der Waals surface area contributed by atoms with Crippen molar-refractivity contribution in [3.8, 4) is 11.5 Å². The van der Waals surface area contributed by atoms with Gasteiger partial charge >= 0.3 is 11.9 Å². The summed E-state index contributed by atoms with van der Waals surface area (Å²) < 4.78 is 11.9. The highest BCUT2D eigenvalue weighted by Gasteiger charge is 2.23. The maximum Gasteiger partial charge on any atom is 0.351 e. The molecule has 13 heteroatoms. The summed E-state index contributed by atoms with van der Waals surface area (Å²) in [6, 6.07) is 13.0. The second-order valence-corrected chi connectivity index (χ2v) is 13.1. The summed E-state index contributed by atoms with van der Waals surface area (Å²) in [5.74, 6) is 1.19. The number of carbonyl (C=O) groups excluding carboxylic acids is 2. The molecular weight excluding hydrogens is 638 g/mol. The zero-order valence-corrected chi connectivity index (χ0v) is 30.1. The number of nitrogens with zero attached hydrogens (tertiary/aromatic N) is 3. The third-order valence-corrected chi connectivity index (χ3v) is 9.45. The maximum atomic E-state index is 12.0. The van der Waals surface area contributed by atoms with E-state index in [2.05, 4.69) is 15.2 Å². The lowest BCUT2D eigenvalue weighted by Gasteiger charge is -2.32. The first kappa shape index (κ1) is 40.2. The van der Waals surface area contributed by atoms with Gasteiger partial charge in [0.05, 0.1) is 13.2 Å². The molecular formula is C37H57N7O6. The van der Waals surface area contributed by atoms with E-state index in [4.69, 9.17) is 42.1 Å². The molecule has 1 aliphatic rings. The van der Waals surface area contributed by atoms with Crippen LogP contribution in [0.25, 0.3) is 0 Å². The fourth-order valence-electron chi connectivity index (χ4n) is 5.37. The Morgan fingerprint density at radius 1 is 0.740 bits per heavy atom. The Kier molecular flexibility index (Phi) is 17.0. The Balaban J connectivity index is 1.26. The summed E-state index contributed by atoms with van der Waals surface area (Å²) in [4.78, 5) is 36.4. The van der Waals surface area contributed by atoms with Gasteiger partial charge < -0.3 is 47.0 Å². The Hall–Kier alpha value is -4.20. The lowest BCUT2D eigenvalue weighted by Crippen LogP contribution is -2.37. The number of nitrogens with two attached hydrogens (primary N) is 4. The van der Waals surface area contributed by atoms with Crippen LogP contribution in [0.3, 0.4) is 0 Å². The second kappa shape index (κ2) is 21.1. The number of rotatable bonds is 20. The van der Waals surface area contributed by atoms with E-state index >= 15 is 0 Å². The number of hydrogen-bond donors (Lipinski definition) is 4. The number of benzene rings is 2. The van der Waals surface area contributed by atoms with Crippen molar-refractivity contribution in [1.82, 2.24) is 4.90 Å². The van der Waals surface area contributed by atoms with Gasteiger partial charge in [0, 0.05) is 17.7 Å². The molecule has 2 aromatic rings. The average molecular weight is 696 g/mol. The minimum atomic E-state index is -0.738. The molecule has 1 fully saturated rings. The molecule has 0 saturated carbocycles. The van der Waals surface area contributed by atoms with Gasteiger partial charge in [0.1, 0.15) is 23.6 Å². The van der Waals surface area contributed by atoms with Crippen molar-refractivity contribution in [2.45, 2.75) is 84.7 Å². The Morgan fingerprint density at radius 2 is 1.16 bits per heavy atom. The van der Waals surface area contributed by atoms with Crippen molar-refractivity contribution < 1.29 is 28.7 Å². The van der Waals surface area contributed by atoms with Crippen molar-refractivity contribution in [3.63, 3.8) is 0 Å². The van der Waals surface area contributed by atoms with Gasteiger partial charge in [-0.05, 0) is 111 Å². The minimum Gasteiger partial charge on any atom is -0.494 e. The van der Waals surface area contributed by atoms with E-state index in [1.54, 1.807) is 24.3 Å². The molecule has 276 valence electrons. The predicted octanol–water partition coefficient (Wildman–Crippen LogP) is 4.10. The van der Waals surface area contributed by atoms with Crippen LogP contribution in [0.1, 0.15) is 83.8 Å². The second-order valence-electron chi connectivity index (χ2n) is 13.1. The van der Waals surface area contributed by atoms with E-state index in [1.807, 2.05) is 52.0 Å². The quantitative estimate of drug-likeness (QED) is 0.0511. The van der Waals surface area contributed by atoms with E-state index in [9.17, 15) is 9.59 Å². The number of likely N-dealkylation sites (tertiary alicyclic amines) is 1. The van der Waals surface area contributed by atoms with E-state index in [0.717, 1.165) is 63.2 Å². The van der Waals surface area contributed by atoms with E-state index < -0.39 is 24.0 Å². The minimum absolute atomic E-state index is 0.00526. The summed E-state index contributed by atoms with van der Waals surface area (Å²) in [7, 11) is 0. The third kappa shape index (κ3) is 13.3. The number of oxime groups is 2. The summed E-state index contributed by atoms with van der Waals surface area (Å²) >= 11 is 0. The molecule has 0 aliphatic carbocycles. The molecule has 1 saturated heterocycles. The smallest absolute Gasteiger partial charge is 0.351 e. The lowest BCUT2D eigenvalue weighted by atomic mass is 9.92. The number of amidine groups is 2. The van der Waals surface area contributed by atoms with Gasteiger partial charge in [-0.2, -0.15) is 0 Å². The molecule has 50 heavy (non-hydrogen) atoms. The van der Waals surface area contributed by atoms with Crippen LogP contribution in [0.2, 0.25) is 0 Å². The normalized spacial score (nSPS) is 17.0. The van der Waals surface area contributed by atoms with Gasteiger partial charge in [0.25, 0.3) is 0 Å². The average Bonchev–Trinajstić information content (AvgIpc) is 3.15. The highest BCUT2D eigenvalue weighted by atomic mass is 16.7. The molecule has 0 amide bonds. The molecule has 3 rings (SSSR count). The molecule has 13 nitrogen and oxygen atoms in total. The fraction of sp³-hybridized carbons (Fsp3) is 0.568. The summed E-state index contributed by atoms with van der Waals surface area (Å²) in [6.45, 7) is 12.1. The SMILES string of the molecule is CC[C@@H](C)[C@H](N)C(=O)O/N=C(\N)c1ccc(OCCCC2CCN(CCCOc3ccc(/C(N)=N/OC(=O)[C@H](N)[C@@H](C)CC)cc3)CC2)cc1. The number of piperidine rings is 1. The van der Waals surface area contributed by atoms with Crippen LogP contribution < -0.4 is 32.4 Å². The van der Waals surface area contributed by atoms with Crippen molar-refractivity contribution in [1.29, 1.82) is 0 Å². The Morgan fingerprint density at radius 3 is 1.58 bits per heavy atom. The summed E-state index contributed by atoms with van der Waals surface area (Å²) in [5.41, 5.74) is 25.0. The predicted molar refractivity (Wildman–Crippen MR) is 195 cm³/mol. The van der Waals surface area contributed by atoms with Crippen LogP contribution in [0, 0.1) is 17.8 Å². The van der Waals surface area contributed by atoms with Crippen LogP contribution in [0.15, 0.2) is 58.8 Å². The first-order chi connectivity index (χ1) is 24.0. The third-order valence-electron chi connectivity index (χ3n) is 9.45. The maximum absolute atomic E-state index is 12.0. The van der Waals surface area contributed by atoms with Crippen molar-refractivity contribution >= 4 is 23.6 Å². The molecule has 2 aromatic carbocycles. The monoisotopic (exact) mass is 695 g/mol. The van der Waals surface area contributed by atoms with Crippen LogP contribution in [-0.2, 0) is 19.3 Å². The van der Waals surface area contributed by atoms with Gasteiger partial charge in [-0.25, -0.2) is 9.59 Å². The fourth-order valence-corrected chi connectivity index (χ4v) is 5.37. The first-order valence-electron chi connectivity index (χ1n) is 17.8. The number of hydrogen-bond acceptors (Lipinski definition) is 11. The summed E-state index contributed by atoms with van der Waals surface area (Å²) in [6.07, 6.45) is 6.96. The van der Waals surface area contributed by atoms with Gasteiger partial charge in [0.15, 0.2) is 11.7 Å². The van der Waals surface area contributed by atoms with E-state index in [0.29, 0.717) is 30.3 Å². The van der Waals surface area contributed by atoms with Crippen LogP contribution >= 0.6 is 0 Å². The first-order valence-corrected chi connectivity index (χ1v) is 17.8. The molecule has 0 unspecified atom stereocenters. The molecule has 0 spiro atoms. The van der Waals surface area contributed by atoms with E-state index in [1.165, 1.54) is 12.8 Å². The molecule has 0 aromatic heterocycles. The van der Waals surface area contributed by atoms with Gasteiger partial charge in [-0.1, -0.05) is 50.8 Å². The van der Waals surface area contributed by atoms with Gasteiger partial charge in [-0.15, -0.1) is 0 Å². The van der Waals surface area contributed by atoms with Crippen LogP contribution in [-0.4, -0.2) is 73.4 Å². The van der Waals surface area contributed by atoms with Crippen molar-refractivity contribution in [2.24, 2.45) is 51.0 Å². The van der Waals surface area contributed by atoms with E-state index in [-0.39, 0.29) is 23.5 Å². The zero-order chi connectivity index (χ0) is 36.5. The van der Waals surface area contributed by atoms with Crippen LogP contribution in [0.4, 0.5) is 0 Å². The Bertz CT molecular complexity index is 1270. The Labute approximate surface area is 296 Å². The molecule has 1 heterocycles. The van der Waals surface area contributed by atoms with Gasteiger partial charge in [-0.3, -0.25) is 0 Å². The van der Waals surface area contributed by atoms with Crippen molar-refractivity contribution in [3.05, 3.63) is 59.7 Å². The standard InChI is InChI=1S/C37H57N7O6/c1-5-25(3)32(38)36(45)49-42-34(40)28-10-14-30(15-11-28)47-23-7-9-27-18-21-44(22-19-27)20-8-24-48-31-16-12-29(13-17-31)35(41)43-50-37(46)33(39)26(4)6-2/h10-17,25-27,32-33H,5-9,18-24,38-39H2,1-4H3,(H2,40,42)(H2,41,43)/t25-,26+,32+,33-/m1/s1. The highest BCUT2D eigenvalue weighted by molar-refractivity contribution is 5.98. The molecule has 0 bridgehead atoms.